The van der Waals surface area contributed by atoms with E-state index in [0.717, 1.165) is 28.3 Å². The van der Waals surface area contributed by atoms with E-state index in [0.29, 0.717) is 17.9 Å². The fraction of sp³-hybridized carbons (Fsp3) is 0.375. The number of hydrogen-bond donors (Lipinski definition) is 1. The van der Waals surface area contributed by atoms with E-state index >= 15 is 0 Å². The SMILES string of the molecule is CC[C@H](C)NC(=O)[C@H](Cc1ccccc1)N(Cc1ccc(Br)cc1)C(=O)CCCN(c1cccc(OC)c1)S(C)(=O)=O. The van der Waals surface area contributed by atoms with Crippen LogP contribution in [0.25, 0.3) is 0 Å². The maximum absolute atomic E-state index is 13.9. The number of carbonyl (C=O) groups is 2. The normalized spacial score (nSPS) is 12.7. The van der Waals surface area contributed by atoms with Gasteiger partial charge in [0.15, 0.2) is 0 Å². The highest BCUT2D eigenvalue weighted by Crippen LogP contribution is 2.24. The van der Waals surface area contributed by atoms with Gasteiger partial charge in [0.2, 0.25) is 21.8 Å². The third-order valence-corrected chi connectivity index (χ3v) is 8.75. The van der Waals surface area contributed by atoms with Crippen molar-refractivity contribution in [2.24, 2.45) is 0 Å². The second-order valence-electron chi connectivity index (χ2n) is 10.3. The Bertz CT molecular complexity index is 1420. The van der Waals surface area contributed by atoms with E-state index in [1.54, 1.807) is 29.2 Å². The van der Waals surface area contributed by atoms with Crippen LogP contribution in [-0.4, -0.2) is 57.1 Å². The first kappa shape index (κ1) is 33.1. The molecule has 0 fully saturated rings. The zero-order chi connectivity index (χ0) is 30.7. The summed E-state index contributed by atoms with van der Waals surface area (Å²) in [6, 6.07) is 23.3. The van der Waals surface area contributed by atoms with Crippen LogP contribution in [0.5, 0.6) is 5.75 Å². The molecule has 0 saturated carbocycles. The first-order chi connectivity index (χ1) is 20.0. The largest absolute Gasteiger partial charge is 0.497 e. The van der Waals surface area contributed by atoms with Crippen molar-refractivity contribution in [1.29, 1.82) is 0 Å². The van der Waals surface area contributed by atoms with Crippen molar-refractivity contribution in [2.45, 2.75) is 58.2 Å². The van der Waals surface area contributed by atoms with E-state index in [2.05, 4.69) is 21.2 Å². The predicted molar refractivity (Wildman–Crippen MR) is 171 cm³/mol. The molecule has 0 aliphatic rings. The third kappa shape index (κ3) is 9.87. The van der Waals surface area contributed by atoms with Crippen LogP contribution in [-0.2, 0) is 32.6 Å². The summed E-state index contributed by atoms with van der Waals surface area (Å²) >= 11 is 3.46. The maximum Gasteiger partial charge on any atom is 0.243 e. The number of methoxy groups -OCH3 is 1. The smallest absolute Gasteiger partial charge is 0.243 e. The van der Waals surface area contributed by atoms with Crippen LogP contribution < -0.4 is 14.4 Å². The maximum atomic E-state index is 13.9. The number of nitrogens with zero attached hydrogens (tertiary/aromatic N) is 2. The molecule has 2 atom stereocenters. The van der Waals surface area contributed by atoms with Crippen molar-refractivity contribution >= 4 is 43.5 Å². The van der Waals surface area contributed by atoms with Crippen LogP contribution in [0.1, 0.15) is 44.2 Å². The molecule has 42 heavy (non-hydrogen) atoms. The van der Waals surface area contributed by atoms with Gasteiger partial charge in [-0.15, -0.1) is 0 Å². The van der Waals surface area contributed by atoms with Gasteiger partial charge in [-0.3, -0.25) is 13.9 Å². The fourth-order valence-electron chi connectivity index (χ4n) is 4.55. The fourth-order valence-corrected chi connectivity index (χ4v) is 5.77. The molecule has 0 saturated heterocycles. The Morgan fingerprint density at radius 3 is 2.29 bits per heavy atom. The van der Waals surface area contributed by atoms with Gasteiger partial charge in [0.25, 0.3) is 0 Å². The van der Waals surface area contributed by atoms with E-state index in [1.807, 2.05) is 68.4 Å². The lowest BCUT2D eigenvalue weighted by Crippen LogP contribution is -2.52. The van der Waals surface area contributed by atoms with Gasteiger partial charge < -0.3 is 15.0 Å². The monoisotopic (exact) mass is 657 g/mol. The lowest BCUT2D eigenvalue weighted by molar-refractivity contribution is -0.141. The summed E-state index contributed by atoms with van der Waals surface area (Å²) in [7, 11) is -2.10. The third-order valence-electron chi connectivity index (χ3n) is 7.03. The molecule has 3 aromatic carbocycles. The Labute approximate surface area is 258 Å². The Morgan fingerprint density at radius 2 is 1.67 bits per heavy atom. The molecule has 226 valence electrons. The number of ether oxygens (including phenoxy) is 1. The average Bonchev–Trinajstić information content (AvgIpc) is 2.97. The summed E-state index contributed by atoms with van der Waals surface area (Å²) in [6.45, 7) is 4.28. The number of amides is 2. The number of hydrogen-bond acceptors (Lipinski definition) is 5. The molecule has 0 spiro atoms. The van der Waals surface area contributed by atoms with Crippen molar-refractivity contribution in [1.82, 2.24) is 10.2 Å². The van der Waals surface area contributed by atoms with Crippen LogP contribution >= 0.6 is 15.9 Å². The van der Waals surface area contributed by atoms with Crippen molar-refractivity contribution in [3.63, 3.8) is 0 Å². The minimum Gasteiger partial charge on any atom is -0.497 e. The second-order valence-corrected chi connectivity index (χ2v) is 13.1. The molecule has 3 aromatic rings. The Hall–Kier alpha value is -3.37. The minimum atomic E-state index is -3.62. The number of anilines is 1. The van der Waals surface area contributed by atoms with Gasteiger partial charge in [-0.1, -0.05) is 71.4 Å². The Balaban J connectivity index is 1.89. The van der Waals surface area contributed by atoms with Crippen molar-refractivity contribution in [3.05, 3.63) is 94.5 Å². The number of benzene rings is 3. The van der Waals surface area contributed by atoms with Crippen LogP contribution in [0.2, 0.25) is 0 Å². The molecule has 0 unspecified atom stereocenters. The second kappa shape index (κ2) is 15.7. The molecular weight excluding hydrogens is 618 g/mol. The summed E-state index contributed by atoms with van der Waals surface area (Å²) in [5.41, 5.74) is 2.29. The summed E-state index contributed by atoms with van der Waals surface area (Å²) in [5, 5.41) is 3.07. The highest BCUT2D eigenvalue weighted by atomic mass is 79.9. The van der Waals surface area contributed by atoms with Gasteiger partial charge in [-0.05, 0) is 55.2 Å². The molecule has 2 amide bonds. The molecule has 1 N–H and O–H groups in total. The van der Waals surface area contributed by atoms with E-state index < -0.39 is 16.1 Å². The van der Waals surface area contributed by atoms with E-state index in [9.17, 15) is 18.0 Å². The average molecular weight is 659 g/mol. The van der Waals surface area contributed by atoms with Gasteiger partial charge in [0, 0.05) is 42.5 Å². The van der Waals surface area contributed by atoms with Gasteiger partial charge in [-0.2, -0.15) is 0 Å². The van der Waals surface area contributed by atoms with Crippen LogP contribution in [0.4, 0.5) is 5.69 Å². The molecule has 8 nitrogen and oxygen atoms in total. The zero-order valence-corrected chi connectivity index (χ0v) is 27.0. The van der Waals surface area contributed by atoms with Gasteiger partial charge in [0.1, 0.15) is 11.8 Å². The molecule has 0 aliphatic carbocycles. The minimum absolute atomic E-state index is 0.0495. The standard InChI is InChI=1S/C32H40BrN3O5S/c1-5-24(2)34-32(38)30(21-25-11-7-6-8-12-25)35(23-26-16-18-27(33)19-17-26)31(37)15-10-20-36(42(4,39)40)28-13-9-14-29(22-28)41-3/h6-9,11-14,16-19,22,24,30H,5,10,15,20-21,23H2,1-4H3,(H,34,38)/t24-,30-/m0/s1. The van der Waals surface area contributed by atoms with Crippen molar-refractivity contribution in [2.75, 3.05) is 24.2 Å². The molecule has 10 heteroatoms. The lowest BCUT2D eigenvalue weighted by Gasteiger charge is -2.32. The van der Waals surface area contributed by atoms with E-state index in [1.165, 1.54) is 11.4 Å². The van der Waals surface area contributed by atoms with Crippen LogP contribution in [0.15, 0.2) is 83.3 Å². The zero-order valence-electron chi connectivity index (χ0n) is 24.6. The van der Waals surface area contributed by atoms with Gasteiger partial charge in [0.05, 0.1) is 19.1 Å². The van der Waals surface area contributed by atoms with Crippen molar-refractivity contribution in [3.8, 4) is 5.75 Å². The first-order valence-electron chi connectivity index (χ1n) is 14.0. The molecule has 0 heterocycles. The number of nitrogens with one attached hydrogen (secondary N) is 1. The number of sulfonamides is 1. The summed E-state index contributed by atoms with van der Waals surface area (Å²) in [6.07, 6.45) is 2.59. The lowest BCUT2D eigenvalue weighted by atomic mass is 10.0. The molecule has 0 aliphatic heterocycles. The predicted octanol–water partition coefficient (Wildman–Crippen LogP) is 5.56. The Morgan fingerprint density at radius 1 is 0.976 bits per heavy atom. The van der Waals surface area contributed by atoms with E-state index in [4.69, 9.17) is 4.74 Å². The topological polar surface area (TPSA) is 96.0 Å². The molecule has 0 bridgehead atoms. The van der Waals surface area contributed by atoms with Gasteiger partial charge >= 0.3 is 0 Å². The number of carbonyl (C=O) groups excluding carboxylic acids is 2. The highest BCUT2D eigenvalue weighted by molar-refractivity contribution is 9.10. The van der Waals surface area contributed by atoms with Crippen LogP contribution in [0.3, 0.4) is 0 Å². The first-order valence-corrected chi connectivity index (χ1v) is 16.7. The number of halogens is 1. The molecular formula is C32H40BrN3O5S. The summed E-state index contributed by atoms with van der Waals surface area (Å²) < 4.78 is 32.8. The Kier molecular flexibility index (Phi) is 12.4. The molecule has 0 radical (unpaired) electrons. The molecule has 0 aromatic heterocycles. The number of rotatable bonds is 15. The van der Waals surface area contributed by atoms with E-state index in [-0.39, 0.29) is 43.8 Å². The summed E-state index contributed by atoms with van der Waals surface area (Å²) in [5.74, 6) is 0.0963. The summed E-state index contributed by atoms with van der Waals surface area (Å²) in [4.78, 5) is 29.2. The molecule has 3 rings (SSSR count). The van der Waals surface area contributed by atoms with Crippen molar-refractivity contribution < 1.29 is 22.7 Å². The quantitative estimate of drug-likeness (QED) is 0.231. The van der Waals surface area contributed by atoms with Gasteiger partial charge in [-0.25, -0.2) is 8.42 Å². The highest BCUT2D eigenvalue weighted by Gasteiger charge is 2.31. The van der Waals surface area contributed by atoms with Crippen LogP contribution in [0, 0.1) is 0 Å².